The molecule has 0 aliphatic carbocycles. The molecule has 0 saturated heterocycles. The van der Waals surface area contributed by atoms with Gasteiger partial charge in [-0.1, -0.05) is 6.07 Å². The van der Waals surface area contributed by atoms with Gasteiger partial charge in [0.2, 0.25) is 16.0 Å². The Morgan fingerprint density at radius 2 is 1.68 bits per heavy atom. The van der Waals surface area contributed by atoms with Crippen LogP contribution in [0.5, 0.6) is 11.5 Å². The molecule has 2 atom stereocenters. The Morgan fingerprint density at radius 1 is 1.03 bits per heavy atom. The topological polar surface area (TPSA) is 156 Å². The Morgan fingerprint density at radius 3 is 2.22 bits per heavy atom. The van der Waals surface area contributed by atoms with Crippen LogP contribution in [-0.4, -0.2) is 64.7 Å². The van der Waals surface area contributed by atoms with E-state index in [1.54, 1.807) is 37.5 Å². The van der Waals surface area contributed by atoms with Gasteiger partial charge in [0.05, 0.1) is 14.2 Å². The van der Waals surface area contributed by atoms with E-state index in [1.165, 1.54) is 39.1 Å². The first kappa shape index (κ1) is 26.0. The molecule has 13 nitrogen and oxygen atoms in total. The Balaban J connectivity index is 1.82. The molecule has 3 aromatic heterocycles. The second-order valence-electron chi connectivity index (χ2n) is 8.07. The van der Waals surface area contributed by atoms with Gasteiger partial charge >= 0.3 is 0 Å². The summed E-state index contributed by atoms with van der Waals surface area (Å²) in [7, 11) is 0.247. The summed E-state index contributed by atoms with van der Waals surface area (Å²) in [6.07, 6.45) is 3.64. The van der Waals surface area contributed by atoms with E-state index in [9.17, 15) is 8.42 Å². The van der Waals surface area contributed by atoms with Crippen LogP contribution in [0.3, 0.4) is 0 Å². The van der Waals surface area contributed by atoms with E-state index in [0.717, 1.165) is 5.56 Å². The number of benzene rings is 1. The molecular formula is C23H27N7O6S. The summed E-state index contributed by atoms with van der Waals surface area (Å²) in [5.74, 6) is 1.49. The van der Waals surface area contributed by atoms with Gasteiger partial charge in [-0.15, -0.1) is 10.2 Å². The van der Waals surface area contributed by atoms with E-state index in [1.807, 2.05) is 6.92 Å². The minimum absolute atomic E-state index is 0.120. The van der Waals surface area contributed by atoms with Crippen molar-refractivity contribution < 1.29 is 27.0 Å². The molecule has 0 aliphatic rings. The number of methoxy groups -OCH3 is 3. The largest absolute Gasteiger partial charge is 0.494 e. The molecule has 0 amide bonds. The van der Waals surface area contributed by atoms with Crippen molar-refractivity contribution in [1.29, 1.82) is 0 Å². The third-order valence-electron chi connectivity index (χ3n) is 5.60. The molecule has 3 heterocycles. The van der Waals surface area contributed by atoms with Crippen molar-refractivity contribution in [3.63, 3.8) is 0 Å². The number of rotatable bonds is 10. The number of oxazole rings is 1. The molecule has 0 saturated carbocycles. The number of hydrogen-bond acceptors (Lipinski definition) is 11. The average molecular weight is 530 g/mol. The van der Waals surface area contributed by atoms with E-state index in [0.29, 0.717) is 28.8 Å². The molecule has 4 aromatic rings. The molecule has 0 bridgehead atoms. The number of sulfonamides is 1. The Hall–Kier alpha value is -4.04. The molecule has 4 rings (SSSR count). The predicted octanol–water partition coefficient (Wildman–Crippen LogP) is 2.86. The maximum Gasteiger partial charge on any atom is 0.243 e. The van der Waals surface area contributed by atoms with Crippen LogP contribution in [0.2, 0.25) is 0 Å². The van der Waals surface area contributed by atoms with Crippen LogP contribution in [0, 0.1) is 13.8 Å². The first-order chi connectivity index (χ1) is 17.7. The summed E-state index contributed by atoms with van der Waals surface area (Å²) in [6.45, 7) is 5.00. The van der Waals surface area contributed by atoms with Gasteiger partial charge in [-0.25, -0.2) is 23.4 Å². The highest BCUT2D eigenvalue weighted by Crippen LogP contribution is 2.38. The maximum absolute atomic E-state index is 13.6. The predicted molar refractivity (Wildman–Crippen MR) is 133 cm³/mol. The minimum Gasteiger partial charge on any atom is -0.494 e. The molecule has 1 aromatic carbocycles. The van der Waals surface area contributed by atoms with Gasteiger partial charge in [0.1, 0.15) is 40.5 Å². The van der Waals surface area contributed by atoms with Gasteiger partial charge in [0.15, 0.2) is 17.5 Å². The lowest BCUT2D eigenvalue weighted by atomic mass is 10.2. The molecule has 37 heavy (non-hydrogen) atoms. The summed E-state index contributed by atoms with van der Waals surface area (Å²) in [6, 6.07) is 5.14. The fourth-order valence-electron chi connectivity index (χ4n) is 3.69. The van der Waals surface area contributed by atoms with E-state index in [4.69, 9.17) is 18.6 Å². The fraction of sp³-hybridized carbons (Fsp3) is 0.348. The van der Waals surface area contributed by atoms with Gasteiger partial charge in [0.25, 0.3) is 0 Å². The molecule has 0 radical (unpaired) electrons. The molecule has 0 spiro atoms. The number of ether oxygens (including phenoxy) is 3. The Labute approximate surface area is 213 Å². The highest BCUT2D eigenvalue weighted by molar-refractivity contribution is 7.93. The standard InChI is InChI=1S/C23H27N7O6S/c1-13-10-24-21(25-11-13)20(35-6)14(2)37(31,32)29-23-28-27-22(16-12-36-15(3)26-16)30(23)19-17(33-4)8-7-9-18(19)34-5/h7-12,14,20H,1-6H3,(H,28,29). The zero-order chi connectivity index (χ0) is 26.7. The van der Waals surface area contributed by atoms with E-state index in [-0.39, 0.29) is 17.6 Å². The maximum atomic E-state index is 13.6. The summed E-state index contributed by atoms with van der Waals surface area (Å²) in [5.41, 5.74) is 1.53. The number of hydrogen-bond donors (Lipinski definition) is 1. The lowest BCUT2D eigenvalue weighted by Crippen LogP contribution is -2.33. The molecule has 14 heteroatoms. The van der Waals surface area contributed by atoms with Crippen molar-refractivity contribution >= 4 is 16.0 Å². The van der Waals surface area contributed by atoms with Gasteiger partial charge < -0.3 is 18.6 Å². The summed E-state index contributed by atoms with van der Waals surface area (Å²) >= 11 is 0. The van der Waals surface area contributed by atoms with E-state index < -0.39 is 21.4 Å². The minimum atomic E-state index is -4.12. The molecule has 2 unspecified atom stereocenters. The van der Waals surface area contributed by atoms with Crippen molar-refractivity contribution in [2.24, 2.45) is 0 Å². The average Bonchev–Trinajstić information content (AvgIpc) is 3.50. The SMILES string of the molecule is COc1cccc(OC)c1-n1c(NS(=O)(=O)C(C)C(OC)c2ncc(C)cn2)nnc1-c1coc(C)n1. The van der Waals surface area contributed by atoms with Crippen molar-refractivity contribution in [3.05, 3.63) is 54.1 Å². The number of para-hydroxylation sites is 1. The smallest absolute Gasteiger partial charge is 0.243 e. The second-order valence-corrected chi connectivity index (χ2v) is 10.1. The van der Waals surface area contributed by atoms with Crippen LogP contribution >= 0.6 is 0 Å². The van der Waals surface area contributed by atoms with Gasteiger partial charge in [-0.2, -0.15) is 0 Å². The first-order valence-corrected chi connectivity index (χ1v) is 12.7. The van der Waals surface area contributed by atoms with Crippen molar-refractivity contribution in [3.8, 4) is 28.7 Å². The number of aromatic nitrogens is 6. The zero-order valence-electron chi connectivity index (χ0n) is 21.2. The highest BCUT2D eigenvalue weighted by Gasteiger charge is 2.35. The zero-order valence-corrected chi connectivity index (χ0v) is 22.0. The van der Waals surface area contributed by atoms with Gasteiger partial charge in [-0.05, 0) is 31.5 Å². The van der Waals surface area contributed by atoms with Gasteiger partial charge in [0, 0.05) is 26.4 Å². The third kappa shape index (κ3) is 5.11. The fourth-order valence-corrected chi connectivity index (χ4v) is 4.82. The number of nitrogens with zero attached hydrogens (tertiary/aromatic N) is 6. The number of anilines is 1. The molecule has 196 valence electrons. The van der Waals surface area contributed by atoms with Crippen LogP contribution in [0.15, 0.2) is 41.3 Å². The van der Waals surface area contributed by atoms with Crippen LogP contribution in [0.4, 0.5) is 5.95 Å². The molecular weight excluding hydrogens is 502 g/mol. The van der Waals surface area contributed by atoms with Crippen molar-refractivity contribution in [1.82, 2.24) is 29.7 Å². The summed E-state index contributed by atoms with van der Waals surface area (Å²) < 4.78 is 53.0. The van der Waals surface area contributed by atoms with E-state index >= 15 is 0 Å². The van der Waals surface area contributed by atoms with Crippen molar-refractivity contribution in [2.75, 3.05) is 26.1 Å². The van der Waals surface area contributed by atoms with Crippen LogP contribution in [-0.2, 0) is 14.8 Å². The Bertz CT molecular complexity index is 1460. The highest BCUT2D eigenvalue weighted by atomic mass is 32.2. The monoisotopic (exact) mass is 529 g/mol. The first-order valence-electron chi connectivity index (χ1n) is 11.1. The van der Waals surface area contributed by atoms with E-state index in [2.05, 4.69) is 29.9 Å². The van der Waals surface area contributed by atoms with Crippen molar-refractivity contribution in [2.45, 2.75) is 32.1 Å². The lowest BCUT2D eigenvalue weighted by molar-refractivity contribution is 0.0949. The van der Waals surface area contributed by atoms with Gasteiger partial charge in [-0.3, -0.25) is 9.29 Å². The summed E-state index contributed by atoms with van der Waals surface area (Å²) in [4.78, 5) is 12.8. The molecule has 0 fully saturated rings. The molecule has 1 N–H and O–H groups in total. The van der Waals surface area contributed by atoms with Crippen LogP contribution < -0.4 is 14.2 Å². The molecule has 0 aliphatic heterocycles. The number of aryl methyl sites for hydroxylation is 2. The number of nitrogens with one attached hydrogen (secondary N) is 1. The Kier molecular flexibility index (Phi) is 7.40. The normalized spacial score (nSPS) is 13.2. The lowest BCUT2D eigenvalue weighted by Gasteiger charge is -2.22. The third-order valence-corrected chi connectivity index (χ3v) is 7.29. The van der Waals surface area contributed by atoms with Crippen LogP contribution in [0.1, 0.15) is 30.3 Å². The van der Waals surface area contributed by atoms with Crippen LogP contribution in [0.25, 0.3) is 17.2 Å². The quantitative estimate of drug-likeness (QED) is 0.322. The second kappa shape index (κ2) is 10.5. The summed E-state index contributed by atoms with van der Waals surface area (Å²) in [5, 5.41) is 7.22.